The van der Waals surface area contributed by atoms with E-state index in [0.717, 1.165) is 4.47 Å². The number of sulfonamides is 1. The van der Waals surface area contributed by atoms with Gasteiger partial charge < -0.3 is 0 Å². The predicted molar refractivity (Wildman–Crippen MR) is 92.7 cm³/mol. The van der Waals surface area contributed by atoms with Crippen molar-refractivity contribution >= 4 is 31.9 Å². The molecule has 0 spiro atoms. The topological polar surface area (TPSA) is 107 Å². The Morgan fingerprint density at radius 2 is 1.88 bits per heavy atom. The minimum absolute atomic E-state index is 0.00322. The molecule has 0 bridgehead atoms. The van der Waals surface area contributed by atoms with Crippen LogP contribution in [0.2, 0.25) is 0 Å². The molecule has 25 heavy (non-hydrogen) atoms. The molecule has 0 fully saturated rings. The molecule has 1 N–H and O–H groups in total. The first kappa shape index (κ1) is 17.2. The molecule has 10 heteroatoms. The second-order valence-corrected chi connectivity index (χ2v) is 7.67. The van der Waals surface area contributed by atoms with Crippen molar-refractivity contribution in [3.63, 3.8) is 0 Å². The van der Waals surface area contributed by atoms with Crippen LogP contribution in [-0.2, 0) is 10.0 Å². The zero-order chi connectivity index (χ0) is 18.0. The SMILES string of the molecule is Cc1nnnn1-c1cccc(C(=O)NS(=O)(=O)c2ccc(Br)cc2)c1. The van der Waals surface area contributed by atoms with Gasteiger partial charge in [-0.15, -0.1) is 5.10 Å². The predicted octanol–water partition coefficient (Wildman–Crippen LogP) is 1.85. The van der Waals surface area contributed by atoms with E-state index in [-0.39, 0.29) is 10.5 Å². The minimum Gasteiger partial charge on any atom is -0.268 e. The lowest BCUT2D eigenvalue weighted by atomic mass is 10.2. The minimum atomic E-state index is -3.97. The highest BCUT2D eigenvalue weighted by atomic mass is 79.9. The van der Waals surface area contributed by atoms with Gasteiger partial charge in [0.15, 0.2) is 5.82 Å². The highest BCUT2D eigenvalue weighted by molar-refractivity contribution is 9.10. The summed E-state index contributed by atoms with van der Waals surface area (Å²) in [5.41, 5.74) is 0.726. The Balaban J connectivity index is 1.86. The fourth-order valence-corrected chi connectivity index (χ4v) is 3.34. The third kappa shape index (κ3) is 3.74. The van der Waals surface area contributed by atoms with Crippen molar-refractivity contribution in [1.29, 1.82) is 0 Å². The molecule has 128 valence electrons. The maximum absolute atomic E-state index is 12.3. The lowest BCUT2D eigenvalue weighted by Crippen LogP contribution is -2.30. The maximum atomic E-state index is 12.3. The first-order valence-corrected chi connectivity index (χ1v) is 9.32. The lowest BCUT2D eigenvalue weighted by Gasteiger charge is -2.08. The summed E-state index contributed by atoms with van der Waals surface area (Å²) in [7, 11) is -3.97. The summed E-state index contributed by atoms with van der Waals surface area (Å²) in [5, 5.41) is 11.1. The summed E-state index contributed by atoms with van der Waals surface area (Å²) in [6, 6.07) is 12.3. The van der Waals surface area contributed by atoms with E-state index in [2.05, 4.69) is 36.2 Å². The fourth-order valence-electron chi connectivity index (χ4n) is 2.10. The third-order valence-corrected chi connectivity index (χ3v) is 5.20. The number of aryl methyl sites for hydroxylation is 1. The van der Waals surface area contributed by atoms with E-state index in [1.165, 1.54) is 28.9 Å². The Kier molecular flexibility index (Phi) is 4.64. The van der Waals surface area contributed by atoms with Gasteiger partial charge in [-0.25, -0.2) is 13.1 Å². The van der Waals surface area contributed by atoms with Crippen LogP contribution in [0.1, 0.15) is 16.2 Å². The van der Waals surface area contributed by atoms with Crippen LogP contribution in [0.15, 0.2) is 57.9 Å². The highest BCUT2D eigenvalue weighted by Crippen LogP contribution is 2.16. The molecule has 3 rings (SSSR count). The van der Waals surface area contributed by atoms with Gasteiger partial charge in [-0.1, -0.05) is 22.0 Å². The number of hydrogen-bond acceptors (Lipinski definition) is 6. The van der Waals surface area contributed by atoms with Gasteiger partial charge in [0.05, 0.1) is 10.6 Å². The number of aromatic nitrogens is 4. The Hall–Kier alpha value is -2.59. The molecule has 0 atom stereocenters. The van der Waals surface area contributed by atoms with Gasteiger partial charge in [0, 0.05) is 10.0 Å². The number of halogens is 1. The van der Waals surface area contributed by atoms with Crippen LogP contribution < -0.4 is 4.72 Å². The summed E-state index contributed by atoms with van der Waals surface area (Å²) < 4.78 is 28.9. The van der Waals surface area contributed by atoms with Crippen molar-refractivity contribution in [3.05, 3.63) is 64.4 Å². The van der Waals surface area contributed by atoms with E-state index >= 15 is 0 Å². The first-order chi connectivity index (χ1) is 11.9. The number of nitrogens with one attached hydrogen (secondary N) is 1. The zero-order valence-electron chi connectivity index (χ0n) is 12.9. The molecule has 2 aromatic carbocycles. The maximum Gasteiger partial charge on any atom is 0.265 e. The van der Waals surface area contributed by atoms with Crippen molar-refractivity contribution in [3.8, 4) is 5.69 Å². The van der Waals surface area contributed by atoms with E-state index in [9.17, 15) is 13.2 Å². The van der Waals surface area contributed by atoms with Gasteiger partial charge in [-0.05, 0) is 59.8 Å². The molecular weight excluding hydrogens is 410 g/mol. The van der Waals surface area contributed by atoms with Gasteiger partial charge >= 0.3 is 0 Å². The number of amides is 1. The third-order valence-electron chi connectivity index (χ3n) is 3.33. The molecule has 0 radical (unpaired) electrons. The van der Waals surface area contributed by atoms with Gasteiger partial charge in [-0.3, -0.25) is 4.79 Å². The van der Waals surface area contributed by atoms with E-state index in [1.807, 2.05) is 0 Å². The van der Waals surface area contributed by atoms with E-state index in [4.69, 9.17) is 0 Å². The number of hydrogen-bond donors (Lipinski definition) is 1. The fraction of sp³-hybridized carbons (Fsp3) is 0.0667. The van der Waals surface area contributed by atoms with E-state index in [0.29, 0.717) is 11.5 Å². The number of carbonyl (C=O) groups excluding carboxylic acids is 1. The number of benzene rings is 2. The Labute approximate surface area is 152 Å². The highest BCUT2D eigenvalue weighted by Gasteiger charge is 2.19. The van der Waals surface area contributed by atoms with Crippen molar-refractivity contribution in [2.75, 3.05) is 0 Å². The van der Waals surface area contributed by atoms with Crippen LogP contribution in [0.25, 0.3) is 5.69 Å². The van der Waals surface area contributed by atoms with E-state index in [1.54, 1.807) is 31.2 Å². The molecule has 0 saturated heterocycles. The monoisotopic (exact) mass is 421 g/mol. The normalized spacial score (nSPS) is 11.3. The van der Waals surface area contributed by atoms with Gasteiger partial charge in [0.1, 0.15) is 0 Å². The van der Waals surface area contributed by atoms with Crippen LogP contribution in [0.3, 0.4) is 0 Å². The molecule has 0 unspecified atom stereocenters. The number of rotatable bonds is 4. The summed E-state index contributed by atoms with van der Waals surface area (Å²) in [6.07, 6.45) is 0. The molecule has 0 saturated carbocycles. The van der Waals surface area contributed by atoms with Gasteiger partial charge in [-0.2, -0.15) is 4.68 Å². The Morgan fingerprint density at radius 3 is 2.52 bits per heavy atom. The summed E-state index contributed by atoms with van der Waals surface area (Å²) in [4.78, 5) is 12.3. The molecule has 1 amide bonds. The molecular formula is C15H12BrN5O3S. The molecule has 0 aliphatic carbocycles. The number of carbonyl (C=O) groups is 1. The number of nitrogens with zero attached hydrogens (tertiary/aromatic N) is 4. The Bertz CT molecular complexity index is 1030. The standard InChI is InChI=1S/C15H12BrN5O3S/c1-10-17-19-20-21(10)13-4-2-3-11(9-13)15(22)18-25(23,24)14-7-5-12(16)6-8-14/h2-9H,1H3,(H,18,22). The molecule has 1 aromatic heterocycles. The molecule has 0 aliphatic rings. The number of tetrazole rings is 1. The zero-order valence-corrected chi connectivity index (χ0v) is 15.3. The lowest BCUT2D eigenvalue weighted by molar-refractivity contribution is 0.0981. The molecule has 3 aromatic rings. The first-order valence-electron chi connectivity index (χ1n) is 7.05. The summed E-state index contributed by atoms with van der Waals surface area (Å²) in [6.45, 7) is 1.71. The molecule has 8 nitrogen and oxygen atoms in total. The average Bonchev–Trinajstić information content (AvgIpc) is 3.01. The van der Waals surface area contributed by atoms with Crippen molar-refractivity contribution in [2.45, 2.75) is 11.8 Å². The molecule has 1 heterocycles. The van der Waals surface area contributed by atoms with Gasteiger partial charge in [0.25, 0.3) is 15.9 Å². The summed E-state index contributed by atoms with van der Waals surface area (Å²) >= 11 is 3.23. The quantitative estimate of drug-likeness (QED) is 0.688. The van der Waals surface area contributed by atoms with Crippen molar-refractivity contribution in [1.82, 2.24) is 24.9 Å². The second-order valence-electron chi connectivity index (χ2n) is 5.08. The average molecular weight is 422 g/mol. The van der Waals surface area contributed by atoms with Crippen molar-refractivity contribution in [2.24, 2.45) is 0 Å². The Morgan fingerprint density at radius 1 is 1.16 bits per heavy atom. The second kappa shape index (κ2) is 6.73. The van der Waals surface area contributed by atoms with Crippen LogP contribution in [0, 0.1) is 6.92 Å². The van der Waals surface area contributed by atoms with Crippen LogP contribution >= 0.6 is 15.9 Å². The van der Waals surface area contributed by atoms with Crippen LogP contribution in [-0.4, -0.2) is 34.5 Å². The van der Waals surface area contributed by atoms with Crippen molar-refractivity contribution < 1.29 is 13.2 Å². The van der Waals surface area contributed by atoms with Gasteiger partial charge in [0.2, 0.25) is 0 Å². The van der Waals surface area contributed by atoms with E-state index < -0.39 is 15.9 Å². The van der Waals surface area contributed by atoms with Crippen LogP contribution in [0.5, 0.6) is 0 Å². The largest absolute Gasteiger partial charge is 0.268 e. The summed E-state index contributed by atoms with van der Waals surface area (Å²) in [5.74, 6) is -0.199. The van der Waals surface area contributed by atoms with Crippen LogP contribution in [0.4, 0.5) is 0 Å². The molecule has 0 aliphatic heterocycles. The smallest absolute Gasteiger partial charge is 0.265 e.